The first-order valence-corrected chi connectivity index (χ1v) is 8.55. The van der Waals surface area contributed by atoms with Gasteiger partial charge in [0.2, 0.25) is 6.79 Å². The third-order valence-corrected chi connectivity index (χ3v) is 4.38. The normalized spacial score (nSPS) is 13.3. The highest BCUT2D eigenvalue weighted by atomic mass is 16.7. The molecule has 7 nitrogen and oxygen atoms in total. The molecule has 1 atom stereocenters. The maximum Gasteiger partial charge on any atom is 0.276 e. The quantitative estimate of drug-likeness (QED) is 0.752. The highest BCUT2D eigenvalue weighted by molar-refractivity contribution is 5.95. The lowest BCUT2D eigenvalue weighted by Gasteiger charge is -2.14. The lowest BCUT2D eigenvalue weighted by Crippen LogP contribution is -2.27. The lowest BCUT2D eigenvalue weighted by molar-refractivity contribution is 0.0931. The van der Waals surface area contributed by atoms with Crippen molar-refractivity contribution in [2.45, 2.75) is 13.0 Å². The standard InChI is InChI=1S/C20H19N3O4/c1-13(14-8-9-16-17(10-14)27-12-26-16)21-20(24)19-18(25-2)11-23(22-19)15-6-4-3-5-7-15/h3-11,13H,12H2,1-2H3,(H,21,24). The molecule has 1 aliphatic rings. The van der Waals surface area contributed by atoms with E-state index in [4.69, 9.17) is 14.2 Å². The fourth-order valence-corrected chi connectivity index (χ4v) is 2.91. The van der Waals surface area contributed by atoms with Gasteiger partial charge in [0.05, 0.1) is 25.0 Å². The first-order valence-electron chi connectivity index (χ1n) is 8.55. The van der Waals surface area contributed by atoms with Crippen molar-refractivity contribution in [2.75, 3.05) is 13.9 Å². The van der Waals surface area contributed by atoms with Gasteiger partial charge in [-0.05, 0) is 36.8 Å². The van der Waals surface area contributed by atoms with Gasteiger partial charge in [-0.3, -0.25) is 4.79 Å². The SMILES string of the molecule is COc1cn(-c2ccccc2)nc1C(=O)NC(C)c1ccc2c(c1)OCO2. The number of methoxy groups -OCH3 is 1. The van der Waals surface area contributed by atoms with E-state index in [-0.39, 0.29) is 24.4 Å². The Morgan fingerprint density at radius 2 is 1.96 bits per heavy atom. The first kappa shape index (κ1) is 17.0. The molecule has 1 aliphatic heterocycles. The summed E-state index contributed by atoms with van der Waals surface area (Å²) in [6.45, 7) is 2.11. The fourth-order valence-electron chi connectivity index (χ4n) is 2.91. The van der Waals surface area contributed by atoms with Gasteiger partial charge in [0.25, 0.3) is 5.91 Å². The zero-order valence-electron chi connectivity index (χ0n) is 15.0. The number of carbonyl (C=O) groups is 1. The second-order valence-corrected chi connectivity index (χ2v) is 6.13. The van der Waals surface area contributed by atoms with Crippen LogP contribution in [0.25, 0.3) is 5.69 Å². The molecule has 2 aromatic carbocycles. The molecule has 138 valence electrons. The number of carbonyl (C=O) groups excluding carboxylic acids is 1. The largest absolute Gasteiger partial charge is 0.493 e. The minimum atomic E-state index is -0.313. The number of nitrogens with one attached hydrogen (secondary N) is 1. The molecule has 4 rings (SSSR count). The highest BCUT2D eigenvalue weighted by Crippen LogP contribution is 2.34. The van der Waals surface area contributed by atoms with Crippen molar-refractivity contribution < 1.29 is 19.0 Å². The van der Waals surface area contributed by atoms with Crippen LogP contribution in [-0.2, 0) is 0 Å². The van der Waals surface area contributed by atoms with Crippen LogP contribution in [0.4, 0.5) is 0 Å². The Hall–Kier alpha value is -3.48. The molecular formula is C20H19N3O4. The predicted molar refractivity (Wildman–Crippen MR) is 98.6 cm³/mol. The van der Waals surface area contributed by atoms with Gasteiger partial charge in [-0.15, -0.1) is 0 Å². The zero-order chi connectivity index (χ0) is 18.8. The Morgan fingerprint density at radius 3 is 2.74 bits per heavy atom. The van der Waals surface area contributed by atoms with Crippen LogP contribution in [0.15, 0.2) is 54.7 Å². The van der Waals surface area contributed by atoms with E-state index in [0.717, 1.165) is 11.3 Å². The maximum atomic E-state index is 12.8. The summed E-state index contributed by atoms with van der Waals surface area (Å²) < 4.78 is 17.7. The van der Waals surface area contributed by atoms with Crippen LogP contribution in [0.3, 0.4) is 0 Å². The molecule has 1 unspecified atom stereocenters. The number of rotatable bonds is 5. The van der Waals surface area contributed by atoms with E-state index in [1.165, 1.54) is 7.11 Å². The summed E-state index contributed by atoms with van der Waals surface area (Å²) >= 11 is 0. The average molecular weight is 365 g/mol. The van der Waals surface area contributed by atoms with Crippen molar-refractivity contribution >= 4 is 5.91 Å². The molecule has 2 heterocycles. The van der Waals surface area contributed by atoms with E-state index >= 15 is 0 Å². The summed E-state index contributed by atoms with van der Waals surface area (Å²) in [4.78, 5) is 12.8. The number of hydrogen-bond donors (Lipinski definition) is 1. The van der Waals surface area contributed by atoms with Crippen molar-refractivity contribution in [1.82, 2.24) is 15.1 Å². The number of hydrogen-bond acceptors (Lipinski definition) is 5. The minimum Gasteiger partial charge on any atom is -0.493 e. The Balaban J connectivity index is 1.55. The second kappa shape index (κ2) is 7.03. The minimum absolute atomic E-state index is 0.216. The number of para-hydroxylation sites is 1. The number of benzene rings is 2. The van der Waals surface area contributed by atoms with Crippen LogP contribution in [-0.4, -0.2) is 29.6 Å². The summed E-state index contributed by atoms with van der Waals surface area (Å²) in [6.07, 6.45) is 1.69. The molecule has 1 N–H and O–H groups in total. The van der Waals surface area contributed by atoms with Crippen LogP contribution >= 0.6 is 0 Å². The average Bonchev–Trinajstić information content (AvgIpc) is 3.34. The number of aromatic nitrogens is 2. The van der Waals surface area contributed by atoms with E-state index in [1.54, 1.807) is 10.9 Å². The van der Waals surface area contributed by atoms with Crippen LogP contribution in [0, 0.1) is 0 Å². The van der Waals surface area contributed by atoms with E-state index in [2.05, 4.69) is 10.4 Å². The van der Waals surface area contributed by atoms with Gasteiger partial charge in [0.15, 0.2) is 22.9 Å². The van der Waals surface area contributed by atoms with Crippen LogP contribution in [0.2, 0.25) is 0 Å². The van der Waals surface area contributed by atoms with Gasteiger partial charge in [0, 0.05) is 0 Å². The molecule has 0 aliphatic carbocycles. The van der Waals surface area contributed by atoms with Gasteiger partial charge in [-0.1, -0.05) is 24.3 Å². The Bertz CT molecular complexity index is 969. The Labute approximate surface area is 156 Å². The Kier molecular flexibility index (Phi) is 4.42. The van der Waals surface area contributed by atoms with Crippen LogP contribution < -0.4 is 19.5 Å². The van der Waals surface area contributed by atoms with Gasteiger partial charge in [-0.25, -0.2) is 4.68 Å². The van der Waals surface area contributed by atoms with Crippen molar-refractivity contribution in [2.24, 2.45) is 0 Å². The van der Waals surface area contributed by atoms with E-state index in [9.17, 15) is 4.79 Å². The predicted octanol–water partition coefficient (Wildman–Crippen LogP) is 3.10. The molecule has 1 aromatic heterocycles. The highest BCUT2D eigenvalue weighted by Gasteiger charge is 2.22. The molecule has 0 spiro atoms. The molecule has 0 saturated carbocycles. The smallest absolute Gasteiger partial charge is 0.276 e. The Morgan fingerprint density at radius 1 is 1.19 bits per heavy atom. The van der Waals surface area contributed by atoms with Crippen LogP contribution in [0.1, 0.15) is 29.0 Å². The number of amides is 1. The number of nitrogens with zero attached hydrogens (tertiary/aromatic N) is 2. The lowest BCUT2D eigenvalue weighted by atomic mass is 10.1. The molecule has 0 bridgehead atoms. The van der Waals surface area contributed by atoms with E-state index < -0.39 is 0 Å². The fraction of sp³-hybridized carbons (Fsp3) is 0.200. The van der Waals surface area contributed by atoms with Gasteiger partial charge in [0.1, 0.15) is 0 Å². The van der Waals surface area contributed by atoms with Crippen LogP contribution in [0.5, 0.6) is 17.2 Å². The topological polar surface area (TPSA) is 74.6 Å². The van der Waals surface area contributed by atoms with Gasteiger partial charge >= 0.3 is 0 Å². The molecule has 0 saturated heterocycles. The summed E-state index contributed by atoms with van der Waals surface area (Å²) in [5.41, 5.74) is 1.99. The van der Waals surface area contributed by atoms with Crippen molar-refractivity contribution in [3.8, 4) is 22.9 Å². The summed E-state index contributed by atoms with van der Waals surface area (Å²) in [5.74, 6) is 1.49. The molecule has 0 radical (unpaired) electrons. The summed E-state index contributed by atoms with van der Waals surface area (Å²) in [6, 6.07) is 14.9. The second-order valence-electron chi connectivity index (χ2n) is 6.13. The van der Waals surface area contributed by atoms with E-state index in [0.29, 0.717) is 17.2 Å². The van der Waals surface area contributed by atoms with Crippen molar-refractivity contribution in [3.05, 3.63) is 66.0 Å². The third-order valence-electron chi connectivity index (χ3n) is 4.38. The number of ether oxygens (including phenoxy) is 3. The molecule has 0 fully saturated rings. The van der Waals surface area contributed by atoms with Crippen molar-refractivity contribution in [3.63, 3.8) is 0 Å². The van der Waals surface area contributed by atoms with E-state index in [1.807, 2.05) is 55.5 Å². The number of fused-ring (bicyclic) bond motifs is 1. The van der Waals surface area contributed by atoms with Crippen molar-refractivity contribution in [1.29, 1.82) is 0 Å². The monoisotopic (exact) mass is 365 g/mol. The molecule has 7 heteroatoms. The summed E-state index contributed by atoms with van der Waals surface area (Å²) in [7, 11) is 1.52. The molecule has 1 amide bonds. The van der Waals surface area contributed by atoms with Gasteiger partial charge < -0.3 is 19.5 Å². The molecular weight excluding hydrogens is 346 g/mol. The first-order chi connectivity index (χ1) is 13.2. The molecule has 3 aromatic rings. The zero-order valence-corrected chi connectivity index (χ0v) is 15.0. The summed E-state index contributed by atoms with van der Waals surface area (Å²) in [5, 5.41) is 7.34. The van der Waals surface area contributed by atoms with Gasteiger partial charge in [-0.2, -0.15) is 5.10 Å². The third kappa shape index (κ3) is 3.31. The maximum absolute atomic E-state index is 12.8. The molecule has 27 heavy (non-hydrogen) atoms.